The quantitative estimate of drug-likeness (QED) is 0.873. The number of hydrogen-bond acceptors (Lipinski definition) is 3. The fourth-order valence-corrected chi connectivity index (χ4v) is 3.49. The van der Waals surface area contributed by atoms with E-state index < -0.39 is 18.0 Å². The molecule has 0 bridgehead atoms. The summed E-state index contributed by atoms with van der Waals surface area (Å²) in [6.07, 6.45) is 1.39. The Morgan fingerprint density at radius 3 is 2.76 bits per heavy atom. The van der Waals surface area contributed by atoms with Gasteiger partial charge in [-0.3, -0.25) is 4.79 Å². The summed E-state index contributed by atoms with van der Waals surface area (Å²) in [7, 11) is 1.53. The highest BCUT2D eigenvalue weighted by atomic mass is 35.5. The van der Waals surface area contributed by atoms with Crippen LogP contribution in [0.2, 0.25) is 5.02 Å². The van der Waals surface area contributed by atoms with Gasteiger partial charge in [-0.15, -0.1) is 0 Å². The molecule has 0 saturated heterocycles. The standard InChI is InChI=1S/C16H21ClO4/c1-3-9-6-11(12(7-9)16(19)20)15(18)13-8-10(17)4-5-14(13)21-2/h4-5,8-9,11-12,15,18H,3,6-7H2,1-2H3,(H,19,20). The van der Waals surface area contributed by atoms with E-state index in [0.717, 1.165) is 6.42 Å². The highest BCUT2D eigenvalue weighted by Crippen LogP contribution is 2.46. The van der Waals surface area contributed by atoms with Gasteiger partial charge in [0.1, 0.15) is 5.75 Å². The summed E-state index contributed by atoms with van der Waals surface area (Å²) < 4.78 is 5.26. The third-order valence-corrected chi connectivity index (χ3v) is 4.76. The Morgan fingerprint density at radius 1 is 1.48 bits per heavy atom. The van der Waals surface area contributed by atoms with Gasteiger partial charge in [0.15, 0.2) is 0 Å². The number of carboxylic acids is 1. The van der Waals surface area contributed by atoms with E-state index in [9.17, 15) is 15.0 Å². The smallest absolute Gasteiger partial charge is 0.306 e. The molecule has 116 valence electrons. The van der Waals surface area contributed by atoms with Crippen molar-refractivity contribution >= 4 is 17.6 Å². The number of aliphatic hydroxyl groups excluding tert-OH is 1. The zero-order chi connectivity index (χ0) is 15.6. The lowest BCUT2D eigenvalue weighted by atomic mass is 9.86. The summed E-state index contributed by atoms with van der Waals surface area (Å²) in [6, 6.07) is 5.04. The third kappa shape index (κ3) is 3.33. The largest absolute Gasteiger partial charge is 0.496 e. The van der Waals surface area contributed by atoms with Crippen molar-refractivity contribution in [1.82, 2.24) is 0 Å². The first-order chi connectivity index (χ1) is 9.97. The van der Waals surface area contributed by atoms with E-state index in [-0.39, 0.29) is 5.92 Å². The molecule has 0 radical (unpaired) electrons. The van der Waals surface area contributed by atoms with Gasteiger partial charge in [-0.05, 0) is 37.0 Å². The molecule has 0 aromatic heterocycles. The summed E-state index contributed by atoms with van der Waals surface area (Å²) in [4.78, 5) is 11.5. The van der Waals surface area contributed by atoms with E-state index >= 15 is 0 Å². The van der Waals surface area contributed by atoms with Crippen LogP contribution in [0.3, 0.4) is 0 Å². The van der Waals surface area contributed by atoms with Gasteiger partial charge in [-0.1, -0.05) is 24.9 Å². The van der Waals surface area contributed by atoms with E-state index in [1.807, 2.05) is 0 Å². The first-order valence-electron chi connectivity index (χ1n) is 7.22. The predicted octanol–water partition coefficient (Wildman–Crippen LogP) is 3.52. The SMILES string of the molecule is CCC1CC(C(=O)O)C(C(O)c2cc(Cl)ccc2OC)C1. The number of aliphatic hydroxyl groups is 1. The van der Waals surface area contributed by atoms with Crippen LogP contribution in [-0.4, -0.2) is 23.3 Å². The Bertz CT molecular complexity index is 517. The van der Waals surface area contributed by atoms with E-state index in [4.69, 9.17) is 16.3 Å². The minimum absolute atomic E-state index is 0.306. The summed E-state index contributed by atoms with van der Waals surface area (Å²) in [5.74, 6) is -0.781. The van der Waals surface area contributed by atoms with E-state index in [2.05, 4.69) is 6.92 Å². The van der Waals surface area contributed by atoms with Gasteiger partial charge in [-0.2, -0.15) is 0 Å². The number of rotatable bonds is 5. The predicted molar refractivity (Wildman–Crippen MR) is 80.6 cm³/mol. The van der Waals surface area contributed by atoms with Gasteiger partial charge >= 0.3 is 5.97 Å². The molecule has 1 aliphatic rings. The summed E-state index contributed by atoms with van der Waals surface area (Å²) in [5, 5.41) is 20.6. The zero-order valence-electron chi connectivity index (χ0n) is 12.3. The molecule has 1 aromatic rings. The van der Waals surface area contributed by atoms with Crippen molar-refractivity contribution in [1.29, 1.82) is 0 Å². The van der Waals surface area contributed by atoms with Crippen LogP contribution in [0.15, 0.2) is 18.2 Å². The van der Waals surface area contributed by atoms with Crippen molar-refractivity contribution in [2.24, 2.45) is 17.8 Å². The van der Waals surface area contributed by atoms with Gasteiger partial charge < -0.3 is 14.9 Å². The molecule has 5 heteroatoms. The van der Waals surface area contributed by atoms with Gasteiger partial charge in [0, 0.05) is 16.5 Å². The molecule has 0 amide bonds. The molecule has 1 aromatic carbocycles. The molecule has 0 heterocycles. The fraction of sp³-hybridized carbons (Fsp3) is 0.562. The molecule has 0 aliphatic heterocycles. The van der Waals surface area contributed by atoms with Crippen molar-refractivity contribution in [2.75, 3.05) is 7.11 Å². The Labute approximate surface area is 129 Å². The lowest BCUT2D eigenvalue weighted by molar-refractivity contribution is -0.144. The molecule has 1 fully saturated rings. The number of carboxylic acid groups (broad SMARTS) is 1. The van der Waals surface area contributed by atoms with Crippen molar-refractivity contribution < 1.29 is 19.7 Å². The highest BCUT2D eigenvalue weighted by Gasteiger charge is 2.42. The second kappa shape index (κ2) is 6.67. The molecule has 2 rings (SSSR count). The Kier molecular flexibility index (Phi) is 5.12. The van der Waals surface area contributed by atoms with Crippen molar-refractivity contribution in [3.05, 3.63) is 28.8 Å². The van der Waals surface area contributed by atoms with Crippen LogP contribution in [0.25, 0.3) is 0 Å². The second-order valence-corrected chi connectivity index (χ2v) is 6.12. The van der Waals surface area contributed by atoms with Crippen LogP contribution in [0.4, 0.5) is 0 Å². The zero-order valence-corrected chi connectivity index (χ0v) is 13.0. The lowest BCUT2D eigenvalue weighted by Crippen LogP contribution is -2.24. The van der Waals surface area contributed by atoms with Crippen LogP contribution in [0, 0.1) is 17.8 Å². The van der Waals surface area contributed by atoms with E-state index in [1.165, 1.54) is 7.11 Å². The number of aliphatic carboxylic acids is 1. The van der Waals surface area contributed by atoms with Crippen LogP contribution in [0.5, 0.6) is 5.75 Å². The second-order valence-electron chi connectivity index (χ2n) is 5.69. The van der Waals surface area contributed by atoms with E-state index in [0.29, 0.717) is 35.1 Å². The summed E-state index contributed by atoms with van der Waals surface area (Å²) in [5.41, 5.74) is 0.568. The normalized spacial score (nSPS) is 26.6. The first-order valence-corrected chi connectivity index (χ1v) is 7.60. The molecule has 4 atom stereocenters. The molecular formula is C16H21ClO4. The fourth-order valence-electron chi connectivity index (χ4n) is 3.31. The summed E-state index contributed by atoms with van der Waals surface area (Å²) in [6.45, 7) is 2.05. The number of carbonyl (C=O) groups is 1. The monoisotopic (exact) mass is 312 g/mol. The number of halogens is 1. The number of benzene rings is 1. The maximum atomic E-state index is 11.5. The van der Waals surface area contributed by atoms with Crippen LogP contribution in [0.1, 0.15) is 37.9 Å². The molecular weight excluding hydrogens is 292 g/mol. The van der Waals surface area contributed by atoms with Crippen molar-refractivity contribution in [3.63, 3.8) is 0 Å². The summed E-state index contributed by atoms with van der Waals surface area (Å²) >= 11 is 6.00. The molecule has 0 spiro atoms. The molecule has 21 heavy (non-hydrogen) atoms. The first kappa shape index (κ1) is 16.1. The van der Waals surface area contributed by atoms with Crippen molar-refractivity contribution in [2.45, 2.75) is 32.3 Å². The maximum absolute atomic E-state index is 11.5. The number of methoxy groups -OCH3 is 1. The minimum Gasteiger partial charge on any atom is -0.496 e. The Balaban J connectivity index is 2.31. The number of ether oxygens (including phenoxy) is 1. The van der Waals surface area contributed by atoms with Gasteiger partial charge in [0.2, 0.25) is 0 Å². The Morgan fingerprint density at radius 2 is 2.19 bits per heavy atom. The maximum Gasteiger partial charge on any atom is 0.306 e. The molecule has 1 saturated carbocycles. The van der Waals surface area contributed by atoms with Gasteiger partial charge in [0.05, 0.1) is 19.1 Å². The molecule has 1 aliphatic carbocycles. The van der Waals surface area contributed by atoms with Crippen LogP contribution < -0.4 is 4.74 Å². The van der Waals surface area contributed by atoms with E-state index in [1.54, 1.807) is 18.2 Å². The average molecular weight is 313 g/mol. The topological polar surface area (TPSA) is 66.8 Å². The van der Waals surface area contributed by atoms with Crippen molar-refractivity contribution in [3.8, 4) is 5.75 Å². The Hall–Kier alpha value is -1.26. The van der Waals surface area contributed by atoms with Crippen LogP contribution in [-0.2, 0) is 4.79 Å². The highest BCUT2D eigenvalue weighted by molar-refractivity contribution is 6.30. The van der Waals surface area contributed by atoms with Crippen LogP contribution >= 0.6 is 11.6 Å². The molecule has 4 nitrogen and oxygen atoms in total. The van der Waals surface area contributed by atoms with Gasteiger partial charge in [0.25, 0.3) is 0 Å². The van der Waals surface area contributed by atoms with Gasteiger partial charge in [-0.25, -0.2) is 0 Å². The average Bonchev–Trinajstić information content (AvgIpc) is 2.91. The third-order valence-electron chi connectivity index (χ3n) is 4.52. The number of hydrogen-bond donors (Lipinski definition) is 2. The molecule has 4 unspecified atom stereocenters. The minimum atomic E-state index is -0.878. The lowest BCUT2D eigenvalue weighted by Gasteiger charge is -2.24. The molecule has 2 N–H and O–H groups in total.